The predicted octanol–water partition coefficient (Wildman–Crippen LogP) is 10.6. The number of rotatable bonds is 4. The zero-order chi connectivity index (χ0) is 25.5. The number of fused-ring (bicyclic) bond motifs is 3. The molecule has 0 unspecified atom stereocenters. The van der Waals surface area contributed by atoms with Crippen LogP contribution in [0.25, 0.3) is 66.4 Å². The Kier molecular flexibility index (Phi) is 5.41. The summed E-state index contributed by atoms with van der Waals surface area (Å²) in [5.41, 5.74) is 12.9. The van der Waals surface area contributed by atoms with Gasteiger partial charge in [0, 0.05) is 10.8 Å². The molecule has 0 fully saturated rings. The molecule has 0 amide bonds. The van der Waals surface area contributed by atoms with Crippen molar-refractivity contribution in [1.82, 2.24) is 0 Å². The Hall–Kier alpha value is -4.88. The highest BCUT2D eigenvalue weighted by atomic mass is 16.3. The Balaban J connectivity index is 1.12. The fraction of sp³-hybridized carbons (Fsp3) is 0.0270. The summed E-state index contributed by atoms with van der Waals surface area (Å²) in [4.78, 5) is 0. The second kappa shape index (κ2) is 9.21. The van der Waals surface area contributed by atoms with Crippen LogP contribution in [-0.2, 0) is 0 Å². The molecule has 0 aliphatic heterocycles. The lowest BCUT2D eigenvalue weighted by Crippen LogP contribution is -1.83. The van der Waals surface area contributed by atoms with Gasteiger partial charge >= 0.3 is 0 Å². The van der Waals surface area contributed by atoms with Gasteiger partial charge in [0.2, 0.25) is 0 Å². The molecule has 0 saturated carbocycles. The highest BCUT2D eigenvalue weighted by Crippen LogP contribution is 2.33. The fourth-order valence-electron chi connectivity index (χ4n) is 5.22. The first-order valence-electron chi connectivity index (χ1n) is 13.0. The van der Waals surface area contributed by atoms with Gasteiger partial charge in [-0.05, 0) is 69.6 Å². The van der Waals surface area contributed by atoms with Gasteiger partial charge in [-0.2, -0.15) is 0 Å². The molecule has 0 saturated heterocycles. The maximum absolute atomic E-state index is 5.99. The van der Waals surface area contributed by atoms with Crippen molar-refractivity contribution in [1.29, 1.82) is 0 Å². The molecule has 180 valence electrons. The van der Waals surface area contributed by atoms with Crippen molar-refractivity contribution in [3.05, 3.63) is 145 Å². The first kappa shape index (κ1) is 22.3. The summed E-state index contributed by atoms with van der Waals surface area (Å²) in [5.74, 6) is 0. The maximum atomic E-state index is 5.99. The molecule has 0 N–H and O–H groups in total. The van der Waals surface area contributed by atoms with Gasteiger partial charge in [-0.1, -0.05) is 127 Å². The number of furan rings is 1. The lowest BCUT2D eigenvalue weighted by Gasteiger charge is -2.08. The van der Waals surface area contributed by atoms with E-state index in [0.29, 0.717) is 0 Å². The van der Waals surface area contributed by atoms with Crippen LogP contribution in [0.5, 0.6) is 0 Å². The molecule has 0 spiro atoms. The SMILES string of the molecule is Cc1ccc(-c2ccc(-c3ccc(-c4ccc(-c5ccc6oc7ccccc7c6c5)cc4)cc3)cc2)cc1. The smallest absolute Gasteiger partial charge is 0.135 e. The van der Waals surface area contributed by atoms with E-state index in [4.69, 9.17) is 4.42 Å². The average molecular weight is 487 g/mol. The van der Waals surface area contributed by atoms with Crippen LogP contribution in [-0.4, -0.2) is 0 Å². The Morgan fingerprint density at radius 3 is 1.21 bits per heavy atom. The molecule has 1 nitrogen and oxygen atoms in total. The third-order valence-electron chi connectivity index (χ3n) is 7.42. The van der Waals surface area contributed by atoms with E-state index in [1.807, 2.05) is 12.1 Å². The van der Waals surface area contributed by atoms with Crippen molar-refractivity contribution in [2.45, 2.75) is 6.92 Å². The monoisotopic (exact) mass is 486 g/mol. The van der Waals surface area contributed by atoms with Gasteiger partial charge in [0.1, 0.15) is 11.2 Å². The summed E-state index contributed by atoms with van der Waals surface area (Å²) in [5, 5.41) is 2.32. The summed E-state index contributed by atoms with van der Waals surface area (Å²) < 4.78 is 5.99. The molecule has 0 aliphatic carbocycles. The van der Waals surface area contributed by atoms with E-state index in [2.05, 4.69) is 134 Å². The standard InChI is InChI=1S/C37H26O/c1-25-6-8-26(9-7-25)27-10-12-28(13-11-27)29-14-16-30(17-15-29)31-18-20-32(21-19-31)33-22-23-37-35(24-33)34-4-2-3-5-36(34)38-37/h2-24H,1H3. The van der Waals surface area contributed by atoms with Crippen molar-refractivity contribution in [2.75, 3.05) is 0 Å². The maximum Gasteiger partial charge on any atom is 0.135 e. The summed E-state index contributed by atoms with van der Waals surface area (Å²) in [6, 6.07) is 49.8. The number of para-hydroxylation sites is 1. The Morgan fingerprint density at radius 2 is 0.711 bits per heavy atom. The summed E-state index contributed by atoms with van der Waals surface area (Å²) in [7, 11) is 0. The minimum absolute atomic E-state index is 0.927. The van der Waals surface area contributed by atoms with Crippen LogP contribution >= 0.6 is 0 Å². The van der Waals surface area contributed by atoms with Gasteiger partial charge in [-0.15, -0.1) is 0 Å². The summed E-state index contributed by atoms with van der Waals surface area (Å²) >= 11 is 0. The number of aryl methyl sites for hydroxylation is 1. The van der Waals surface area contributed by atoms with E-state index in [-0.39, 0.29) is 0 Å². The number of benzene rings is 6. The Morgan fingerprint density at radius 1 is 0.342 bits per heavy atom. The van der Waals surface area contributed by atoms with Gasteiger partial charge in [0.15, 0.2) is 0 Å². The third kappa shape index (κ3) is 4.09. The molecular weight excluding hydrogens is 460 g/mol. The van der Waals surface area contributed by atoms with Crippen molar-refractivity contribution < 1.29 is 4.42 Å². The molecule has 7 rings (SSSR count). The molecule has 6 aromatic carbocycles. The van der Waals surface area contributed by atoms with Gasteiger partial charge in [0.25, 0.3) is 0 Å². The number of hydrogen-bond acceptors (Lipinski definition) is 1. The molecular formula is C37H26O. The van der Waals surface area contributed by atoms with Gasteiger partial charge in [-0.25, -0.2) is 0 Å². The van der Waals surface area contributed by atoms with E-state index in [1.165, 1.54) is 50.1 Å². The zero-order valence-corrected chi connectivity index (χ0v) is 21.2. The van der Waals surface area contributed by atoms with E-state index >= 15 is 0 Å². The largest absolute Gasteiger partial charge is 0.456 e. The highest BCUT2D eigenvalue weighted by molar-refractivity contribution is 6.06. The Bertz CT molecular complexity index is 1870. The van der Waals surface area contributed by atoms with Gasteiger partial charge in [-0.3, -0.25) is 0 Å². The van der Waals surface area contributed by atoms with Crippen LogP contribution in [0, 0.1) is 6.92 Å². The molecule has 0 atom stereocenters. The molecule has 0 aliphatic rings. The molecule has 1 heteroatoms. The topological polar surface area (TPSA) is 13.1 Å². The molecule has 38 heavy (non-hydrogen) atoms. The van der Waals surface area contributed by atoms with Crippen molar-refractivity contribution in [2.24, 2.45) is 0 Å². The molecule has 7 aromatic rings. The van der Waals surface area contributed by atoms with E-state index in [1.54, 1.807) is 0 Å². The highest BCUT2D eigenvalue weighted by Gasteiger charge is 2.09. The number of hydrogen-bond donors (Lipinski definition) is 0. The van der Waals surface area contributed by atoms with Crippen LogP contribution in [0.4, 0.5) is 0 Å². The van der Waals surface area contributed by atoms with Crippen LogP contribution < -0.4 is 0 Å². The minimum Gasteiger partial charge on any atom is -0.456 e. The third-order valence-corrected chi connectivity index (χ3v) is 7.42. The normalized spacial score (nSPS) is 11.3. The molecule has 0 radical (unpaired) electrons. The predicted molar refractivity (Wildman–Crippen MR) is 160 cm³/mol. The fourth-order valence-corrected chi connectivity index (χ4v) is 5.22. The minimum atomic E-state index is 0.927. The summed E-state index contributed by atoms with van der Waals surface area (Å²) in [6.45, 7) is 2.12. The van der Waals surface area contributed by atoms with Crippen molar-refractivity contribution in [3.8, 4) is 44.5 Å². The average Bonchev–Trinajstić information content (AvgIpc) is 3.36. The van der Waals surface area contributed by atoms with Crippen molar-refractivity contribution >= 4 is 21.9 Å². The first-order valence-corrected chi connectivity index (χ1v) is 13.0. The van der Waals surface area contributed by atoms with E-state index < -0.39 is 0 Å². The van der Waals surface area contributed by atoms with Crippen LogP contribution in [0.1, 0.15) is 5.56 Å². The molecule has 1 aromatic heterocycles. The lowest BCUT2D eigenvalue weighted by atomic mass is 9.96. The molecule has 1 heterocycles. The first-order chi connectivity index (χ1) is 18.7. The van der Waals surface area contributed by atoms with E-state index in [9.17, 15) is 0 Å². The Labute approximate surface area is 222 Å². The van der Waals surface area contributed by atoms with Gasteiger partial charge < -0.3 is 4.42 Å². The van der Waals surface area contributed by atoms with Crippen LogP contribution in [0.2, 0.25) is 0 Å². The van der Waals surface area contributed by atoms with Crippen LogP contribution in [0.3, 0.4) is 0 Å². The lowest BCUT2D eigenvalue weighted by molar-refractivity contribution is 0.669. The second-order valence-electron chi connectivity index (χ2n) is 9.91. The zero-order valence-electron chi connectivity index (χ0n) is 21.2. The van der Waals surface area contributed by atoms with E-state index in [0.717, 1.165) is 21.9 Å². The van der Waals surface area contributed by atoms with Crippen LogP contribution in [0.15, 0.2) is 144 Å². The van der Waals surface area contributed by atoms with Crippen molar-refractivity contribution in [3.63, 3.8) is 0 Å². The summed E-state index contributed by atoms with van der Waals surface area (Å²) in [6.07, 6.45) is 0. The van der Waals surface area contributed by atoms with Gasteiger partial charge in [0.05, 0.1) is 0 Å². The quantitative estimate of drug-likeness (QED) is 0.241. The molecule has 0 bridgehead atoms. The second-order valence-corrected chi connectivity index (χ2v) is 9.91.